The van der Waals surface area contributed by atoms with Crippen LogP contribution in [0.2, 0.25) is 0 Å². The van der Waals surface area contributed by atoms with Crippen molar-refractivity contribution in [1.82, 2.24) is 19.7 Å². The van der Waals surface area contributed by atoms with Crippen LogP contribution in [0, 0.1) is 6.92 Å². The molecule has 0 aliphatic heterocycles. The molecule has 0 spiro atoms. The Morgan fingerprint density at radius 1 is 1.11 bits per heavy atom. The fourth-order valence-electron chi connectivity index (χ4n) is 2.93. The summed E-state index contributed by atoms with van der Waals surface area (Å²) in [5.74, 6) is 1.16. The summed E-state index contributed by atoms with van der Waals surface area (Å²) >= 11 is 0. The second-order valence-electron chi connectivity index (χ2n) is 7.00. The maximum Gasteiger partial charge on any atom is 0.236 e. The van der Waals surface area contributed by atoms with E-state index in [4.69, 9.17) is 4.42 Å². The molecule has 0 aliphatic carbocycles. The number of nitrogens with zero attached hydrogens (tertiary/aromatic N) is 4. The van der Waals surface area contributed by atoms with E-state index >= 15 is 0 Å². The lowest BCUT2D eigenvalue weighted by Gasteiger charge is -2.07. The van der Waals surface area contributed by atoms with Crippen LogP contribution < -0.4 is 0 Å². The highest BCUT2D eigenvalue weighted by Gasteiger charge is 2.13. The number of imidazole rings is 1. The molecule has 140 valence electrons. The number of allylic oxidation sites excluding steroid dienone is 3. The Labute approximate surface area is 160 Å². The van der Waals surface area contributed by atoms with Gasteiger partial charge in [-0.1, -0.05) is 47.6 Å². The minimum absolute atomic E-state index is 0.508. The second kappa shape index (κ2) is 8.62. The van der Waals surface area contributed by atoms with Crippen LogP contribution in [0.25, 0.3) is 17.3 Å². The van der Waals surface area contributed by atoms with Gasteiger partial charge in [0.15, 0.2) is 0 Å². The monoisotopic (exact) mass is 362 g/mol. The highest BCUT2D eigenvalue weighted by atomic mass is 16.4. The van der Waals surface area contributed by atoms with Crippen LogP contribution in [-0.4, -0.2) is 19.7 Å². The maximum atomic E-state index is 5.55. The molecular formula is C22H26N4O. The van der Waals surface area contributed by atoms with Crippen molar-refractivity contribution in [1.29, 1.82) is 0 Å². The first-order valence-electron chi connectivity index (χ1n) is 9.23. The van der Waals surface area contributed by atoms with Crippen molar-refractivity contribution in [2.75, 3.05) is 0 Å². The molecule has 0 N–H and O–H groups in total. The topological polar surface area (TPSA) is 56.7 Å². The van der Waals surface area contributed by atoms with E-state index in [0.29, 0.717) is 18.3 Å². The fraction of sp³-hybridized carbons (Fsp3) is 0.318. The summed E-state index contributed by atoms with van der Waals surface area (Å²) in [7, 11) is 0. The maximum absolute atomic E-state index is 5.55. The van der Waals surface area contributed by atoms with E-state index in [2.05, 4.69) is 64.8 Å². The van der Waals surface area contributed by atoms with Crippen molar-refractivity contribution in [2.45, 2.75) is 47.1 Å². The van der Waals surface area contributed by atoms with Crippen LogP contribution in [0.3, 0.4) is 0 Å². The Bertz CT molecular complexity index is 944. The van der Waals surface area contributed by atoms with Gasteiger partial charge in [-0.15, -0.1) is 10.2 Å². The zero-order chi connectivity index (χ0) is 19.2. The standard InChI is InChI=1S/C22H26N4O/c1-16(2)9-8-10-17(3)13-20-22(19-11-6-5-7-12-19)23-15-26(20)14-21-25-24-18(4)27-21/h5-7,9,11-13,15H,8,10,14H2,1-4H3. The summed E-state index contributed by atoms with van der Waals surface area (Å²) in [4.78, 5) is 4.67. The number of hydrogen-bond acceptors (Lipinski definition) is 4. The molecular weight excluding hydrogens is 336 g/mol. The molecule has 0 fully saturated rings. The highest BCUT2D eigenvalue weighted by Crippen LogP contribution is 2.25. The third kappa shape index (κ3) is 5.03. The van der Waals surface area contributed by atoms with E-state index in [1.54, 1.807) is 6.92 Å². The Balaban J connectivity index is 1.94. The molecule has 0 unspecified atom stereocenters. The molecule has 5 nitrogen and oxygen atoms in total. The molecule has 0 atom stereocenters. The normalized spacial score (nSPS) is 11.6. The van der Waals surface area contributed by atoms with Crippen LogP contribution in [0.1, 0.15) is 51.1 Å². The Morgan fingerprint density at radius 2 is 1.89 bits per heavy atom. The van der Waals surface area contributed by atoms with E-state index in [1.165, 1.54) is 11.1 Å². The van der Waals surface area contributed by atoms with Crippen molar-refractivity contribution >= 4 is 6.08 Å². The molecule has 0 radical (unpaired) electrons. The summed E-state index contributed by atoms with van der Waals surface area (Å²) in [5, 5.41) is 8.04. The lowest BCUT2D eigenvalue weighted by Crippen LogP contribution is -2.02. The molecule has 5 heteroatoms. The molecule has 27 heavy (non-hydrogen) atoms. The van der Waals surface area contributed by atoms with Gasteiger partial charge in [-0.05, 0) is 39.7 Å². The van der Waals surface area contributed by atoms with Gasteiger partial charge in [-0.25, -0.2) is 4.98 Å². The number of aromatic nitrogens is 4. The van der Waals surface area contributed by atoms with Gasteiger partial charge in [0.25, 0.3) is 0 Å². The molecule has 3 aromatic rings. The van der Waals surface area contributed by atoms with Gasteiger partial charge < -0.3 is 8.98 Å². The van der Waals surface area contributed by atoms with Gasteiger partial charge in [0.2, 0.25) is 11.8 Å². The fourth-order valence-corrected chi connectivity index (χ4v) is 2.93. The second-order valence-corrected chi connectivity index (χ2v) is 7.00. The average molecular weight is 362 g/mol. The number of benzene rings is 1. The van der Waals surface area contributed by atoms with Crippen LogP contribution >= 0.6 is 0 Å². The van der Waals surface area contributed by atoms with E-state index in [9.17, 15) is 0 Å². The zero-order valence-corrected chi connectivity index (χ0v) is 16.4. The van der Waals surface area contributed by atoms with Crippen molar-refractivity contribution < 1.29 is 4.42 Å². The minimum Gasteiger partial charge on any atom is -0.424 e. The van der Waals surface area contributed by atoms with Gasteiger partial charge in [-0.2, -0.15) is 0 Å². The first kappa shape index (κ1) is 18.8. The lowest BCUT2D eigenvalue weighted by atomic mass is 10.1. The van der Waals surface area contributed by atoms with E-state index in [0.717, 1.165) is 29.8 Å². The largest absolute Gasteiger partial charge is 0.424 e. The molecule has 2 heterocycles. The quantitative estimate of drug-likeness (QED) is 0.525. The molecule has 1 aromatic carbocycles. The molecule has 0 amide bonds. The molecule has 3 rings (SSSR count). The summed E-state index contributed by atoms with van der Waals surface area (Å²) in [5.41, 5.74) is 5.79. The van der Waals surface area contributed by atoms with Crippen molar-refractivity contribution in [3.05, 3.63) is 71.4 Å². The van der Waals surface area contributed by atoms with Gasteiger partial charge >= 0.3 is 0 Å². The van der Waals surface area contributed by atoms with Crippen LogP contribution in [0.5, 0.6) is 0 Å². The molecule has 0 saturated carbocycles. The Hall–Kier alpha value is -2.95. The average Bonchev–Trinajstić information content (AvgIpc) is 3.22. The van der Waals surface area contributed by atoms with Crippen LogP contribution in [0.4, 0.5) is 0 Å². The van der Waals surface area contributed by atoms with E-state index in [-0.39, 0.29) is 0 Å². The third-order valence-electron chi connectivity index (χ3n) is 4.27. The van der Waals surface area contributed by atoms with Crippen molar-refractivity contribution in [3.8, 4) is 11.3 Å². The third-order valence-corrected chi connectivity index (χ3v) is 4.27. The van der Waals surface area contributed by atoms with E-state index in [1.807, 2.05) is 24.5 Å². The predicted octanol–water partition coefficient (Wildman–Crippen LogP) is 5.44. The summed E-state index contributed by atoms with van der Waals surface area (Å²) in [6.07, 6.45) is 8.40. The predicted molar refractivity (Wildman–Crippen MR) is 108 cm³/mol. The number of aryl methyl sites for hydroxylation is 1. The van der Waals surface area contributed by atoms with Crippen LogP contribution in [0.15, 0.2) is 58.3 Å². The SMILES string of the molecule is CC(C)=CCCC(C)=Cc1c(-c2ccccc2)ncn1Cc1nnc(C)o1. The van der Waals surface area contributed by atoms with Gasteiger partial charge in [0.05, 0.1) is 17.7 Å². The first-order valence-corrected chi connectivity index (χ1v) is 9.23. The van der Waals surface area contributed by atoms with Gasteiger partial charge in [0, 0.05) is 12.5 Å². The smallest absolute Gasteiger partial charge is 0.236 e. The molecule has 2 aromatic heterocycles. The summed E-state index contributed by atoms with van der Waals surface area (Å²) in [6, 6.07) is 10.2. The Kier molecular flexibility index (Phi) is 6.01. The Morgan fingerprint density at radius 3 is 2.56 bits per heavy atom. The van der Waals surface area contributed by atoms with Gasteiger partial charge in [0.1, 0.15) is 6.54 Å². The summed E-state index contributed by atoms with van der Waals surface area (Å²) < 4.78 is 7.62. The van der Waals surface area contributed by atoms with Crippen molar-refractivity contribution in [2.24, 2.45) is 0 Å². The van der Waals surface area contributed by atoms with Gasteiger partial charge in [-0.3, -0.25) is 0 Å². The van der Waals surface area contributed by atoms with Crippen molar-refractivity contribution in [3.63, 3.8) is 0 Å². The minimum atomic E-state index is 0.508. The summed E-state index contributed by atoms with van der Waals surface area (Å²) in [6.45, 7) is 8.74. The van der Waals surface area contributed by atoms with E-state index < -0.39 is 0 Å². The highest BCUT2D eigenvalue weighted by molar-refractivity contribution is 5.71. The van der Waals surface area contributed by atoms with Crippen LogP contribution in [-0.2, 0) is 6.54 Å². The number of rotatable bonds is 7. The zero-order valence-electron chi connectivity index (χ0n) is 16.4. The lowest BCUT2D eigenvalue weighted by molar-refractivity contribution is 0.454. The molecule has 0 saturated heterocycles. The molecule has 0 bridgehead atoms. The number of hydrogen-bond donors (Lipinski definition) is 0. The first-order chi connectivity index (χ1) is 13.0. The molecule has 0 aliphatic rings.